The molecule has 0 heterocycles. The number of methoxy groups -OCH3 is 1. The first-order valence-corrected chi connectivity index (χ1v) is 8.73. The Morgan fingerprint density at radius 2 is 1.58 bits per heavy atom. The molecule has 0 bridgehead atoms. The monoisotopic (exact) mass is 366 g/mol. The number of rotatable bonds is 7. The fourth-order valence-electron chi connectivity index (χ4n) is 2.98. The quantitative estimate of drug-likeness (QED) is 0.658. The average molecular weight is 366 g/mol. The van der Waals surface area contributed by atoms with Gasteiger partial charge >= 0.3 is 6.18 Å². The van der Waals surface area contributed by atoms with E-state index < -0.39 is 11.7 Å². The first-order chi connectivity index (χ1) is 12.2. The van der Waals surface area contributed by atoms with Crippen molar-refractivity contribution in [2.75, 3.05) is 7.11 Å². The lowest BCUT2D eigenvalue weighted by Gasteiger charge is -2.14. The zero-order chi connectivity index (χ0) is 19.3. The average Bonchev–Trinajstić information content (AvgIpc) is 2.59. The maximum Gasteiger partial charge on any atom is 0.416 e. The predicted octanol–water partition coefficient (Wildman–Crippen LogP) is 5.93. The molecule has 0 saturated heterocycles. The van der Waals surface area contributed by atoms with E-state index in [0.717, 1.165) is 30.4 Å². The van der Waals surface area contributed by atoms with Crippen molar-refractivity contribution in [3.8, 4) is 11.5 Å². The first kappa shape index (κ1) is 20.1. The van der Waals surface area contributed by atoms with Gasteiger partial charge in [-0.3, -0.25) is 0 Å². The van der Waals surface area contributed by atoms with Crippen LogP contribution in [0.3, 0.4) is 0 Å². The van der Waals surface area contributed by atoms with Gasteiger partial charge in [0, 0.05) is 0 Å². The van der Waals surface area contributed by atoms with Gasteiger partial charge in [-0.1, -0.05) is 25.1 Å². The Balaban J connectivity index is 1.90. The third-order valence-electron chi connectivity index (χ3n) is 4.70. The van der Waals surface area contributed by atoms with E-state index in [4.69, 9.17) is 4.74 Å². The Bertz CT molecular complexity index is 739. The molecule has 0 aliphatic heterocycles. The van der Waals surface area contributed by atoms with Gasteiger partial charge in [0.2, 0.25) is 0 Å². The van der Waals surface area contributed by atoms with Crippen molar-refractivity contribution in [2.24, 2.45) is 5.92 Å². The molecule has 0 radical (unpaired) electrons. The van der Waals surface area contributed by atoms with Crippen LogP contribution in [0.15, 0.2) is 36.4 Å². The van der Waals surface area contributed by atoms with Crippen LogP contribution in [0.4, 0.5) is 13.2 Å². The molecule has 0 saturated carbocycles. The first-order valence-electron chi connectivity index (χ1n) is 8.73. The summed E-state index contributed by atoms with van der Waals surface area (Å²) in [6, 6.07) is 9.89. The molecule has 0 aliphatic carbocycles. The summed E-state index contributed by atoms with van der Waals surface area (Å²) in [6.45, 7) is 3.59. The topological polar surface area (TPSA) is 29.5 Å². The van der Waals surface area contributed by atoms with E-state index in [2.05, 4.69) is 6.92 Å². The third kappa shape index (κ3) is 5.41. The minimum Gasteiger partial charge on any atom is -0.504 e. The number of halogens is 3. The highest BCUT2D eigenvalue weighted by molar-refractivity contribution is 5.41. The number of alkyl halides is 3. The second-order valence-corrected chi connectivity index (χ2v) is 6.84. The van der Waals surface area contributed by atoms with Gasteiger partial charge < -0.3 is 9.84 Å². The predicted molar refractivity (Wildman–Crippen MR) is 96.6 cm³/mol. The maximum absolute atomic E-state index is 13.0. The number of ether oxygens (including phenoxy) is 1. The standard InChI is InChI=1S/C21H25F3O2/c1-14(5-8-17-10-11-19(25)20(13-17)26-3)4-7-16-9-6-15(2)18(12-16)21(22,23)24/h6,9-14,25H,4-5,7-8H2,1-3H3/t14-/m0/s1. The van der Waals surface area contributed by atoms with Gasteiger partial charge in [-0.2, -0.15) is 13.2 Å². The van der Waals surface area contributed by atoms with Crippen LogP contribution in [0, 0.1) is 12.8 Å². The van der Waals surface area contributed by atoms with E-state index in [9.17, 15) is 18.3 Å². The van der Waals surface area contributed by atoms with Gasteiger partial charge in [0.15, 0.2) is 11.5 Å². The molecule has 0 amide bonds. The van der Waals surface area contributed by atoms with E-state index in [1.165, 1.54) is 20.1 Å². The van der Waals surface area contributed by atoms with Gasteiger partial charge in [-0.15, -0.1) is 0 Å². The Morgan fingerprint density at radius 1 is 1.00 bits per heavy atom. The third-order valence-corrected chi connectivity index (χ3v) is 4.70. The number of hydrogen-bond acceptors (Lipinski definition) is 2. The molecule has 1 N–H and O–H groups in total. The summed E-state index contributed by atoms with van der Waals surface area (Å²) in [5.41, 5.74) is 1.51. The molecule has 26 heavy (non-hydrogen) atoms. The summed E-state index contributed by atoms with van der Waals surface area (Å²) in [5.74, 6) is 0.948. The van der Waals surface area contributed by atoms with Crippen molar-refractivity contribution in [1.82, 2.24) is 0 Å². The highest BCUT2D eigenvalue weighted by atomic mass is 19.4. The number of phenols is 1. The van der Waals surface area contributed by atoms with Gasteiger partial charge in [0.25, 0.3) is 0 Å². The normalized spacial score (nSPS) is 12.8. The minimum absolute atomic E-state index is 0.115. The molecule has 1 atom stereocenters. The lowest BCUT2D eigenvalue weighted by molar-refractivity contribution is -0.138. The lowest BCUT2D eigenvalue weighted by Crippen LogP contribution is -2.08. The van der Waals surface area contributed by atoms with E-state index in [1.54, 1.807) is 18.2 Å². The summed E-state index contributed by atoms with van der Waals surface area (Å²) in [5, 5.41) is 9.62. The second kappa shape index (κ2) is 8.47. The number of phenolic OH excluding ortho intramolecular Hbond substituents is 1. The van der Waals surface area contributed by atoms with E-state index in [1.807, 2.05) is 12.1 Å². The van der Waals surface area contributed by atoms with Crippen LogP contribution in [0.2, 0.25) is 0 Å². The van der Waals surface area contributed by atoms with Gasteiger partial charge in [0.1, 0.15) is 0 Å². The molecule has 5 heteroatoms. The van der Waals surface area contributed by atoms with E-state index in [-0.39, 0.29) is 11.3 Å². The second-order valence-electron chi connectivity index (χ2n) is 6.84. The lowest BCUT2D eigenvalue weighted by atomic mass is 9.93. The van der Waals surface area contributed by atoms with E-state index >= 15 is 0 Å². The largest absolute Gasteiger partial charge is 0.504 e. The van der Waals surface area contributed by atoms with Crippen LogP contribution in [0.5, 0.6) is 11.5 Å². The van der Waals surface area contributed by atoms with Crippen LogP contribution < -0.4 is 4.74 Å². The van der Waals surface area contributed by atoms with Crippen LogP contribution >= 0.6 is 0 Å². The Labute approximate surface area is 152 Å². The molecule has 0 fully saturated rings. The molecular weight excluding hydrogens is 341 g/mol. The van der Waals surface area contributed by atoms with Crippen molar-refractivity contribution < 1.29 is 23.0 Å². The van der Waals surface area contributed by atoms with Gasteiger partial charge in [0.05, 0.1) is 12.7 Å². The van der Waals surface area contributed by atoms with Crippen LogP contribution in [0.25, 0.3) is 0 Å². The van der Waals surface area contributed by atoms with Gasteiger partial charge in [-0.05, 0) is 73.4 Å². The summed E-state index contributed by atoms with van der Waals surface area (Å²) >= 11 is 0. The maximum atomic E-state index is 13.0. The molecule has 2 aromatic rings. The van der Waals surface area contributed by atoms with Crippen molar-refractivity contribution in [1.29, 1.82) is 0 Å². The summed E-state index contributed by atoms with van der Waals surface area (Å²) in [6.07, 6.45) is -1.09. The zero-order valence-corrected chi connectivity index (χ0v) is 15.4. The van der Waals surface area contributed by atoms with Crippen molar-refractivity contribution >= 4 is 0 Å². The Morgan fingerprint density at radius 3 is 2.15 bits per heavy atom. The number of aryl methyl sites for hydroxylation is 3. The number of aromatic hydroxyl groups is 1. The summed E-state index contributed by atoms with van der Waals surface area (Å²) in [7, 11) is 1.51. The molecule has 2 rings (SSSR count). The minimum atomic E-state index is -4.30. The Kier molecular flexibility index (Phi) is 6.57. The molecule has 0 spiro atoms. The number of hydrogen-bond donors (Lipinski definition) is 1. The van der Waals surface area contributed by atoms with Crippen LogP contribution in [-0.2, 0) is 19.0 Å². The summed E-state index contributed by atoms with van der Waals surface area (Å²) < 4.78 is 44.1. The summed E-state index contributed by atoms with van der Waals surface area (Å²) in [4.78, 5) is 0. The molecule has 142 valence electrons. The van der Waals surface area contributed by atoms with Gasteiger partial charge in [-0.25, -0.2) is 0 Å². The van der Waals surface area contributed by atoms with E-state index in [0.29, 0.717) is 18.1 Å². The van der Waals surface area contributed by atoms with Crippen LogP contribution in [0.1, 0.15) is 42.0 Å². The SMILES string of the molecule is COc1cc(CC[C@@H](C)CCc2ccc(C)c(C(F)(F)F)c2)ccc1O. The molecule has 0 aliphatic rings. The zero-order valence-electron chi connectivity index (χ0n) is 15.4. The number of benzene rings is 2. The highest BCUT2D eigenvalue weighted by Crippen LogP contribution is 2.33. The highest BCUT2D eigenvalue weighted by Gasteiger charge is 2.32. The van der Waals surface area contributed by atoms with Crippen LogP contribution in [-0.4, -0.2) is 12.2 Å². The van der Waals surface area contributed by atoms with Crippen molar-refractivity contribution in [3.05, 3.63) is 58.7 Å². The molecular formula is C21H25F3O2. The van der Waals surface area contributed by atoms with Crippen molar-refractivity contribution in [2.45, 2.75) is 45.7 Å². The molecule has 0 unspecified atom stereocenters. The molecule has 0 aromatic heterocycles. The fourth-order valence-corrected chi connectivity index (χ4v) is 2.98. The Hall–Kier alpha value is -2.17. The smallest absolute Gasteiger partial charge is 0.416 e. The van der Waals surface area contributed by atoms with Crippen molar-refractivity contribution in [3.63, 3.8) is 0 Å². The fraction of sp³-hybridized carbons (Fsp3) is 0.429. The molecule has 2 aromatic carbocycles. The molecule has 2 nitrogen and oxygen atoms in total.